The van der Waals surface area contributed by atoms with E-state index in [1.54, 1.807) is 0 Å². The lowest BCUT2D eigenvalue weighted by molar-refractivity contribution is -0.142. The summed E-state index contributed by atoms with van der Waals surface area (Å²) in [5.74, 6) is -1.33. The SMILES string of the molecule is NS(=O)(=O)C1(C(=O)O)CCC1. The molecule has 1 aliphatic rings. The quantitative estimate of drug-likeness (QED) is 0.584. The first-order chi connectivity index (χ1) is 4.90. The minimum atomic E-state index is -3.93. The average molecular weight is 179 g/mol. The topological polar surface area (TPSA) is 97.5 Å². The molecule has 11 heavy (non-hydrogen) atoms. The first kappa shape index (κ1) is 8.48. The van der Waals surface area contributed by atoms with Crippen LogP contribution in [0.5, 0.6) is 0 Å². The molecular weight excluding hydrogens is 170 g/mol. The van der Waals surface area contributed by atoms with Gasteiger partial charge in [0.05, 0.1) is 0 Å². The van der Waals surface area contributed by atoms with Gasteiger partial charge < -0.3 is 5.11 Å². The van der Waals surface area contributed by atoms with Crippen LogP contribution in [0.1, 0.15) is 19.3 Å². The van der Waals surface area contributed by atoms with Crippen molar-refractivity contribution in [3.05, 3.63) is 0 Å². The van der Waals surface area contributed by atoms with Gasteiger partial charge in [0, 0.05) is 0 Å². The van der Waals surface area contributed by atoms with Gasteiger partial charge in [-0.1, -0.05) is 0 Å². The molecule has 0 aliphatic heterocycles. The lowest BCUT2D eigenvalue weighted by Gasteiger charge is -2.34. The highest BCUT2D eigenvalue weighted by atomic mass is 32.2. The Bertz CT molecular complexity index is 277. The number of hydrogen-bond donors (Lipinski definition) is 2. The molecule has 1 saturated carbocycles. The lowest BCUT2D eigenvalue weighted by Crippen LogP contribution is -2.54. The molecule has 0 aromatic rings. The summed E-state index contributed by atoms with van der Waals surface area (Å²) in [6.07, 6.45) is 0.894. The van der Waals surface area contributed by atoms with Crippen LogP contribution in [0.2, 0.25) is 0 Å². The van der Waals surface area contributed by atoms with Crippen molar-refractivity contribution in [3.8, 4) is 0 Å². The fourth-order valence-corrected chi connectivity index (χ4v) is 2.22. The highest BCUT2D eigenvalue weighted by molar-refractivity contribution is 7.91. The van der Waals surface area contributed by atoms with Gasteiger partial charge >= 0.3 is 5.97 Å². The van der Waals surface area contributed by atoms with Crippen molar-refractivity contribution in [1.82, 2.24) is 0 Å². The van der Waals surface area contributed by atoms with Crippen molar-refractivity contribution in [2.45, 2.75) is 24.0 Å². The van der Waals surface area contributed by atoms with E-state index in [9.17, 15) is 13.2 Å². The molecule has 0 unspecified atom stereocenters. The van der Waals surface area contributed by atoms with Gasteiger partial charge in [-0.15, -0.1) is 0 Å². The van der Waals surface area contributed by atoms with Gasteiger partial charge in [0.25, 0.3) is 0 Å². The highest BCUT2D eigenvalue weighted by Crippen LogP contribution is 2.37. The second-order valence-corrected chi connectivity index (χ2v) is 4.57. The van der Waals surface area contributed by atoms with Crippen molar-refractivity contribution in [1.29, 1.82) is 0 Å². The van der Waals surface area contributed by atoms with E-state index >= 15 is 0 Å². The number of nitrogens with two attached hydrogens (primary N) is 1. The molecule has 1 fully saturated rings. The zero-order valence-corrected chi connectivity index (χ0v) is 6.60. The maximum Gasteiger partial charge on any atom is 0.326 e. The maximum absolute atomic E-state index is 10.8. The second-order valence-electron chi connectivity index (χ2n) is 2.70. The van der Waals surface area contributed by atoms with Crippen molar-refractivity contribution < 1.29 is 18.3 Å². The summed E-state index contributed by atoms with van der Waals surface area (Å²) in [7, 11) is -3.93. The number of primary sulfonamides is 1. The number of hydrogen-bond acceptors (Lipinski definition) is 3. The molecule has 64 valence electrons. The van der Waals surface area contributed by atoms with E-state index in [4.69, 9.17) is 10.2 Å². The Morgan fingerprint density at radius 3 is 1.91 bits per heavy atom. The first-order valence-corrected chi connectivity index (χ1v) is 4.70. The van der Waals surface area contributed by atoms with E-state index in [1.165, 1.54) is 0 Å². The summed E-state index contributed by atoms with van der Waals surface area (Å²) < 4.78 is 19.9. The predicted molar refractivity (Wildman–Crippen MR) is 37.3 cm³/mol. The van der Waals surface area contributed by atoms with Crippen LogP contribution in [0.4, 0.5) is 0 Å². The Morgan fingerprint density at radius 1 is 1.45 bits per heavy atom. The molecule has 0 heterocycles. The van der Waals surface area contributed by atoms with Gasteiger partial charge in [0.2, 0.25) is 10.0 Å². The minimum absolute atomic E-state index is 0.140. The van der Waals surface area contributed by atoms with E-state index < -0.39 is 20.7 Å². The third-order valence-electron chi connectivity index (χ3n) is 2.10. The fraction of sp³-hybridized carbons (Fsp3) is 0.800. The molecule has 5 nitrogen and oxygen atoms in total. The summed E-state index contributed by atoms with van der Waals surface area (Å²) in [6, 6.07) is 0. The Morgan fingerprint density at radius 2 is 1.91 bits per heavy atom. The van der Waals surface area contributed by atoms with E-state index in [2.05, 4.69) is 0 Å². The van der Waals surface area contributed by atoms with Crippen molar-refractivity contribution >= 4 is 16.0 Å². The molecule has 0 radical (unpaired) electrons. The maximum atomic E-state index is 10.8. The summed E-state index contributed by atoms with van der Waals surface area (Å²) in [4.78, 5) is 10.5. The van der Waals surface area contributed by atoms with Gasteiger partial charge in [-0.25, -0.2) is 13.6 Å². The number of rotatable bonds is 2. The Labute approximate surface area is 64.2 Å². The smallest absolute Gasteiger partial charge is 0.326 e. The standard InChI is InChI=1S/C5H9NO4S/c6-11(9,10)5(4(7)8)2-1-3-5/h1-3H2,(H,7,8)(H2,6,9,10). The van der Waals surface area contributed by atoms with E-state index in [1.807, 2.05) is 0 Å². The molecule has 0 aromatic carbocycles. The van der Waals surface area contributed by atoms with Crippen LogP contribution in [0.15, 0.2) is 0 Å². The zero-order valence-electron chi connectivity index (χ0n) is 5.78. The Balaban J connectivity index is 3.04. The molecule has 0 aromatic heterocycles. The van der Waals surface area contributed by atoms with Crippen LogP contribution in [0, 0.1) is 0 Å². The van der Waals surface area contributed by atoms with Gasteiger partial charge in [0.15, 0.2) is 4.75 Å². The van der Waals surface area contributed by atoms with Gasteiger partial charge in [-0.3, -0.25) is 4.79 Å². The van der Waals surface area contributed by atoms with Crippen molar-refractivity contribution in [3.63, 3.8) is 0 Å². The molecule has 0 bridgehead atoms. The van der Waals surface area contributed by atoms with Crippen LogP contribution in [0.25, 0.3) is 0 Å². The second kappa shape index (κ2) is 2.18. The first-order valence-electron chi connectivity index (χ1n) is 3.16. The van der Waals surface area contributed by atoms with E-state index in [-0.39, 0.29) is 12.8 Å². The molecule has 1 rings (SSSR count). The van der Waals surface area contributed by atoms with Gasteiger partial charge in [-0.05, 0) is 19.3 Å². The van der Waals surface area contributed by atoms with E-state index in [0.717, 1.165) is 0 Å². The number of carboxylic acid groups (broad SMARTS) is 1. The van der Waals surface area contributed by atoms with Crippen LogP contribution in [-0.2, 0) is 14.8 Å². The summed E-state index contributed by atoms with van der Waals surface area (Å²) in [5, 5.41) is 13.3. The monoisotopic (exact) mass is 179 g/mol. The summed E-state index contributed by atoms with van der Waals surface area (Å²) >= 11 is 0. The van der Waals surface area contributed by atoms with Crippen LogP contribution in [-0.4, -0.2) is 24.2 Å². The molecule has 0 atom stereocenters. The average Bonchev–Trinajstić information content (AvgIpc) is 1.52. The van der Waals surface area contributed by atoms with Gasteiger partial charge in [-0.2, -0.15) is 0 Å². The molecule has 0 amide bonds. The summed E-state index contributed by atoms with van der Waals surface area (Å²) in [5.41, 5.74) is 0. The highest BCUT2D eigenvalue weighted by Gasteiger charge is 2.54. The fourth-order valence-electron chi connectivity index (χ4n) is 1.12. The van der Waals surface area contributed by atoms with Crippen molar-refractivity contribution in [2.24, 2.45) is 5.14 Å². The number of carbonyl (C=O) groups is 1. The Hall–Kier alpha value is -0.620. The third kappa shape index (κ3) is 1.02. The molecule has 3 N–H and O–H groups in total. The molecule has 0 saturated heterocycles. The molecular formula is C5H9NO4S. The van der Waals surface area contributed by atoms with Crippen LogP contribution >= 0.6 is 0 Å². The number of aliphatic carboxylic acids is 1. The third-order valence-corrected chi connectivity index (χ3v) is 3.77. The molecule has 1 aliphatic carbocycles. The van der Waals surface area contributed by atoms with E-state index in [0.29, 0.717) is 6.42 Å². The molecule has 0 spiro atoms. The summed E-state index contributed by atoms with van der Waals surface area (Å²) in [6.45, 7) is 0. The largest absolute Gasteiger partial charge is 0.480 e. The zero-order chi connectivity index (χ0) is 8.70. The minimum Gasteiger partial charge on any atom is -0.480 e. The lowest BCUT2D eigenvalue weighted by atomic mass is 9.84. The van der Waals surface area contributed by atoms with Crippen LogP contribution in [0.3, 0.4) is 0 Å². The Kier molecular flexibility index (Phi) is 1.68. The predicted octanol–water partition coefficient (Wildman–Crippen LogP) is -0.718. The van der Waals surface area contributed by atoms with Gasteiger partial charge in [0.1, 0.15) is 0 Å². The van der Waals surface area contributed by atoms with Crippen LogP contribution < -0.4 is 5.14 Å². The number of sulfonamides is 1. The normalized spacial score (nSPS) is 22.3. The van der Waals surface area contributed by atoms with Crippen molar-refractivity contribution in [2.75, 3.05) is 0 Å². The number of carboxylic acids is 1. The molecule has 6 heteroatoms.